The number of ether oxygens (including phenoxy) is 1. The molecule has 0 bridgehead atoms. The van der Waals surface area contributed by atoms with Gasteiger partial charge in [-0.2, -0.15) is 0 Å². The van der Waals surface area contributed by atoms with Crippen LogP contribution in [0.1, 0.15) is 42.7 Å². The lowest BCUT2D eigenvalue weighted by Gasteiger charge is -2.20. The molecule has 0 aromatic carbocycles. The molecular weight excluding hydrogens is 282 g/mol. The van der Waals surface area contributed by atoms with Gasteiger partial charge in [-0.25, -0.2) is 9.97 Å². The number of methoxy groups -OCH3 is 1. The van der Waals surface area contributed by atoms with Crippen molar-refractivity contribution in [3.8, 4) is 0 Å². The van der Waals surface area contributed by atoms with Gasteiger partial charge in [-0.1, -0.05) is 19.9 Å². The van der Waals surface area contributed by atoms with Crippen molar-refractivity contribution in [1.82, 2.24) is 9.97 Å². The van der Waals surface area contributed by atoms with Gasteiger partial charge < -0.3 is 10.1 Å². The van der Waals surface area contributed by atoms with Crippen molar-refractivity contribution in [2.75, 3.05) is 12.4 Å². The van der Waals surface area contributed by atoms with Gasteiger partial charge in [0.25, 0.3) is 0 Å². The van der Waals surface area contributed by atoms with Crippen molar-refractivity contribution in [3.05, 3.63) is 40.0 Å². The first-order chi connectivity index (χ1) is 10.1. The average Bonchev–Trinajstić information content (AvgIpc) is 2.90. The molecule has 0 spiro atoms. The number of hydrogen-bond donors (Lipinski definition) is 1. The van der Waals surface area contributed by atoms with Crippen LogP contribution < -0.4 is 5.32 Å². The highest BCUT2D eigenvalue weighted by Crippen LogP contribution is 2.28. The summed E-state index contributed by atoms with van der Waals surface area (Å²) < 4.78 is 5.13. The fourth-order valence-electron chi connectivity index (χ4n) is 2.28. The van der Waals surface area contributed by atoms with Crippen molar-refractivity contribution < 1.29 is 4.74 Å². The number of nitrogens with one attached hydrogen (secondary N) is 1. The van der Waals surface area contributed by atoms with Crippen molar-refractivity contribution in [2.24, 2.45) is 5.92 Å². The molecular formula is C16H23N3OS. The molecule has 1 unspecified atom stereocenters. The molecule has 0 fully saturated rings. The number of thiophene rings is 1. The summed E-state index contributed by atoms with van der Waals surface area (Å²) in [5, 5.41) is 5.67. The smallest absolute Gasteiger partial charge is 0.156 e. The molecule has 4 nitrogen and oxygen atoms in total. The van der Waals surface area contributed by atoms with Crippen molar-refractivity contribution in [2.45, 2.75) is 39.8 Å². The van der Waals surface area contributed by atoms with E-state index in [0.29, 0.717) is 12.5 Å². The molecule has 0 aliphatic carbocycles. The van der Waals surface area contributed by atoms with E-state index in [1.165, 1.54) is 4.88 Å². The number of rotatable bonds is 7. The van der Waals surface area contributed by atoms with E-state index < -0.39 is 0 Å². The normalized spacial score (nSPS) is 12.6. The molecule has 0 saturated heterocycles. The minimum Gasteiger partial charge on any atom is -0.377 e. The highest BCUT2D eigenvalue weighted by atomic mass is 32.1. The van der Waals surface area contributed by atoms with Gasteiger partial charge in [0.1, 0.15) is 12.4 Å². The maximum atomic E-state index is 5.13. The topological polar surface area (TPSA) is 47.0 Å². The monoisotopic (exact) mass is 305 g/mol. The van der Waals surface area contributed by atoms with Crippen LogP contribution in [0.25, 0.3) is 0 Å². The third kappa shape index (κ3) is 4.79. The second kappa shape index (κ2) is 7.52. The van der Waals surface area contributed by atoms with Crippen LogP contribution in [0.4, 0.5) is 5.82 Å². The van der Waals surface area contributed by atoms with Gasteiger partial charge in [0, 0.05) is 23.7 Å². The summed E-state index contributed by atoms with van der Waals surface area (Å²) in [4.78, 5) is 10.3. The average molecular weight is 305 g/mol. The number of nitrogens with zero attached hydrogens (tertiary/aromatic N) is 2. The quantitative estimate of drug-likeness (QED) is 0.833. The fraction of sp³-hybridized carbons (Fsp3) is 0.500. The zero-order valence-electron chi connectivity index (χ0n) is 13.1. The molecule has 2 heterocycles. The van der Waals surface area contributed by atoms with Gasteiger partial charge in [0.05, 0.1) is 6.04 Å². The molecule has 1 N–H and O–H groups in total. The summed E-state index contributed by atoms with van der Waals surface area (Å²) in [6.07, 6.45) is 1.07. The van der Waals surface area contributed by atoms with Crippen LogP contribution in [-0.4, -0.2) is 17.1 Å². The third-order valence-electron chi connectivity index (χ3n) is 3.09. The SMILES string of the molecule is COCc1nc(C)cc(NC(CC(C)C)c2cccs2)n1. The molecule has 2 aromatic heterocycles. The summed E-state index contributed by atoms with van der Waals surface area (Å²) in [5.74, 6) is 2.20. The van der Waals surface area contributed by atoms with Crippen molar-refractivity contribution in [1.29, 1.82) is 0 Å². The van der Waals surface area contributed by atoms with E-state index in [2.05, 4.69) is 46.6 Å². The van der Waals surface area contributed by atoms with Crippen molar-refractivity contribution in [3.63, 3.8) is 0 Å². The molecule has 114 valence electrons. The molecule has 0 aliphatic rings. The number of aromatic nitrogens is 2. The molecule has 0 saturated carbocycles. The van der Waals surface area contributed by atoms with E-state index in [-0.39, 0.29) is 6.04 Å². The first-order valence-corrected chi connectivity index (χ1v) is 8.10. The zero-order valence-corrected chi connectivity index (χ0v) is 13.9. The lowest BCUT2D eigenvalue weighted by molar-refractivity contribution is 0.177. The first-order valence-electron chi connectivity index (χ1n) is 7.22. The van der Waals surface area contributed by atoms with E-state index in [4.69, 9.17) is 4.74 Å². The standard InChI is InChI=1S/C16H23N3OS/c1-11(2)8-13(14-6-5-7-21-14)18-15-9-12(3)17-16(19-15)10-20-4/h5-7,9,11,13H,8,10H2,1-4H3,(H,17,18,19). The van der Waals surface area contributed by atoms with Gasteiger partial charge in [-0.05, 0) is 30.7 Å². The summed E-state index contributed by atoms with van der Waals surface area (Å²) >= 11 is 1.78. The Labute approximate surface area is 130 Å². The highest BCUT2D eigenvalue weighted by Gasteiger charge is 2.15. The predicted octanol–water partition coefficient (Wildman–Crippen LogP) is 4.19. The Bertz CT molecular complexity index is 555. The summed E-state index contributed by atoms with van der Waals surface area (Å²) in [6, 6.07) is 6.54. The van der Waals surface area contributed by atoms with Gasteiger partial charge in [-0.3, -0.25) is 0 Å². The van der Waals surface area contributed by atoms with Crippen LogP contribution in [0.2, 0.25) is 0 Å². The Morgan fingerprint density at radius 1 is 1.33 bits per heavy atom. The van der Waals surface area contributed by atoms with E-state index in [0.717, 1.165) is 23.8 Å². The molecule has 2 aromatic rings. The van der Waals surface area contributed by atoms with Crippen molar-refractivity contribution >= 4 is 17.2 Å². The van der Waals surface area contributed by atoms with Gasteiger partial charge in [-0.15, -0.1) is 11.3 Å². The molecule has 0 amide bonds. The lowest BCUT2D eigenvalue weighted by Crippen LogP contribution is -2.14. The zero-order chi connectivity index (χ0) is 15.2. The largest absolute Gasteiger partial charge is 0.377 e. The number of hydrogen-bond acceptors (Lipinski definition) is 5. The first kappa shape index (κ1) is 15.9. The van der Waals surface area contributed by atoms with Gasteiger partial charge in [0.2, 0.25) is 0 Å². The number of anilines is 1. The van der Waals surface area contributed by atoms with E-state index in [9.17, 15) is 0 Å². The molecule has 5 heteroatoms. The Morgan fingerprint density at radius 3 is 2.76 bits per heavy atom. The fourth-order valence-corrected chi connectivity index (χ4v) is 3.07. The Kier molecular flexibility index (Phi) is 5.70. The minimum absolute atomic E-state index is 0.287. The third-order valence-corrected chi connectivity index (χ3v) is 4.08. The molecule has 2 rings (SSSR count). The Morgan fingerprint density at radius 2 is 2.14 bits per heavy atom. The van der Waals surface area contributed by atoms with E-state index in [1.807, 2.05) is 13.0 Å². The second-order valence-electron chi connectivity index (χ2n) is 5.59. The van der Waals surface area contributed by atoms with Gasteiger partial charge >= 0.3 is 0 Å². The summed E-state index contributed by atoms with van der Waals surface area (Å²) in [5.41, 5.74) is 0.953. The molecule has 21 heavy (non-hydrogen) atoms. The van der Waals surface area contributed by atoms with Crippen LogP contribution in [-0.2, 0) is 11.3 Å². The maximum Gasteiger partial charge on any atom is 0.156 e. The Balaban J connectivity index is 2.20. The van der Waals surface area contributed by atoms with Crippen LogP contribution in [0.3, 0.4) is 0 Å². The molecule has 0 aliphatic heterocycles. The highest BCUT2D eigenvalue weighted by molar-refractivity contribution is 7.10. The van der Waals surface area contributed by atoms with E-state index in [1.54, 1.807) is 18.4 Å². The second-order valence-corrected chi connectivity index (χ2v) is 6.56. The lowest BCUT2D eigenvalue weighted by atomic mass is 10.0. The van der Waals surface area contributed by atoms with Gasteiger partial charge in [0.15, 0.2) is 5.82 Å². The minimum atomic E-state index is 0.287. The van der Waals surface area contributed by atoms with Crippen LogP contribution in [0.5, 0.6) is 0 Å². The Hall–Kier alpha value is -1.46. The van der Waals surface area contributed by atoms with Crippen LogP contribution >= 0.6 is 11.3 Å². The molecule has 1 atom stereocenters. The van der Waals surface area contributed by atoms with Crippen LogP contribution in [0.15, 0.2) is 23.6 Å². The summed E-state index contributed by atoms with van der Waals surface area (Å²) in [6.45, 7) is 6.90. The summed E-state index contributed by atoms with van der Waals surface area (Å²) in [7, 11) is 1.66. The maximum absolute atomic E-state index is 5.13. The predicted molar refractivity (Wildman–Crippen MR) is 87.6 cm³/mol. The van der Waals surface area contributed by atoms with E-state index >= 15 is 0 Å². The molecule has 0 radical (unpaired) electrons. The number of aryl methyl sites for hydroxylation is 1. The van der Waals surface area contributed by atoms with Crippen LogP contribution in [0, 0.1) is 12.8 Å².